The maximum absolute atomic E-state index is 12.1. The molecular formula is C14H23N5O. The standard InChI is InChI=1S/C14H23N5O/c20-13(4-3-11-5-7-15-8-6-11)18-12-2-1-9-19-14(12)16-10-17-19/h10-12,15H,1-9H2,(H,18,20). The van der Waals surface area contributed by atoms with Crippen LogP contribution in [0.25, 0.3) is 0 Å². The predicted molar refractivity (Wildman–Crippen MR) is 75.0 cm³/mol. The molecule has 1 saturated heterocycles. The number of nitrogens with one attached hydrogen (secondary N) is 2. The second kappa shape index (κ2) is 6.35. The Morgan fingerprint density at radius 1 is 1.40 bits per heavy atom. The number of rotatable bonds is 4. The van der Waals surface area contributed by atoms with Crippen LogP contribution in [0.3, 0.4) is 0 Å². The number of nitrogens with zero attached hydrogens (tertiary/aromatic N) is 3. The van der Waals surface area contributed by atoms with Gasteiger partial charge in [-0.05, 0) is 51.1 Å². The Balaban J connectivity index is 1.47. The van der Waals surface area contributed by atoms with Crippen LogP contribution in [-0.4, -0.2) is 33.8 Å². The smallest absolute Gasteiger partial charge is 0.220 e. The van der Waals surface area contributed by atoms with Gasteiger partial charge in [0.1, 0.15) is 12.2 Å². The molecule has 1 aromatic heterocycles. The molecule has 1 atom stereocenters. The molecule has 0 spiro atoms. The van der Waals surface area contributed by atoms with E-state index in [1.807, 2.05) is 4.68 Å². The Morgan fingerprint density at radius 3 is 3.10 bits per heavy atom. The molecule has 3 heterocycles. The van der Waals surface area contributed by atoms with Gasteiger partial charge in [0.25, 0.3) is 0 Å². The molecule has 1 amide bonds. The van der Waals surface area contributed by atoms with E-state index in [0.29, 0.717) is 12.3 Å². The largest absolute Gasteiger partial charge is 0.346 e. The maximum atomic E-state index is 12.1. The van der Waals surface area contributed by atoms with Crippen LogP contribution in [0.5, 0.6) is 0 Å². The van der Waals surface area contributed by atoms with Gasteiger partial charge in [0.15, 0.2) is 0 Å². The molecular weight excluding hydrogens is 254 g/mol. The lowest BCUT2D eigenvalue weighted by Gasteiger charge is -2.24. The first kappa shape index (κ1) is 13.5. The highest BCUT2D eigenvalue weighted by atomic mass is 16.1. The Hall–Kier alpha value is -1.43. The van der Waals surface area contributed by atoms with Gasteiger partial charge in [-0.15, -0.1) is 0 Å². The van der Waals surface area contributed by atoms with Crippen molar-refractivity contribution in [3.05, 3.63) is 12.2 Å². The van der Waals surface area contributed by atoms with Gasteiger partial charge in [-0.25, -0.2) is 9.67 Å². The normalized spacial score (nSPS) is 23.3. The van der Waals surface area contributed by atoms with E-state index < -0.39 is 0 Å². The molecule has 0 bridgehead atoms. The van der Waals surface area contributed by atoms with Crippen molar-refractivity contribution in [3.8, 4) is 0 Å². The van der Waals surface area contributed by atoms with Crippen molar-refractivity contribution in [2.45, 2.75) is 51.1 Å². The minimum absolute atomic E-state index is 0.0479. The third-order valence-corrected chi connectivity index (χ3v) is 4.39. The third-order valence-electron chi connectivity index (χ3n) is 4.39. The zero-order valence-corrected chi connectivity index (χ0v) is 11.8. The quantitative estimate of drug-likeness (QED) is 0.861. The van der Waals surface area contributed by atoms with Crippen molar-refractivity contribution in [2.24, 2.45) is 5.92 Å². The number of hydrogen-bond donors (Lipinski definition) is 2. The first-order valence-corrected chi connectivity index (χ1v) is 7.70. The average Bonchev–Trinajstić information content (AvgIpc) is 2.96. The number of carbonyl (C=O) groups is 1. The number of hydrogen-bond acceptors (Lipinski definition) is 4. The van der Waals surface area contributed by atoms with E-state index in [0.717, 1.165) is 44.7 Å². The first-order chi connectivity index (χ1) is 9.83. The van der Waals surface area contributed by atoms with Crippen molar-refractivity contribution < 1.29 is 4.79 Å². The number of aryl methyl sites for hydroxylation is 1. The Morgan fingerprint density at radius 2 is 2.25 bits per heavy atom. The van der Waals surface area contributed by atoms with Crippen molar-refractivity contribution in [3.63, 3.8) is 0 Å². The molecule has 1 aromatic rings. The fourth-order valence-corrected chi connectivity index (χ4v) is 3.20. The molecule has 6 nitrogen and oxygen atoms in total. The Bertz CT molecular complexity index is 452. The number of aromatic nitrogens is 3. The van der Waals surface area contributed by atoms with Crippen LogP contribution in [-0.2, 0) is 11.3 Å². The van der Waals surface area contributed by atoms with Crippen LogP contribution in [0.2, 0.25) is 0 Å². The van der Waals surface area contributed by atoms with Gasteiger partial charge in [-0.1, -0.05) is 0 Å². The van der Waals surface area contributed by atoms with E-state index in [1.54, 1.807) is 6.33 Å². The lowest BCUT2D eigenvalue weighted by atomic mass is 9.93. The fourth-order valence-electron chi connectivity index (χ4n) is 3.20. The summed E-state index contributed by atoms with van der Waals surface area (Å²) < 4.78 is 1.90. The maximum Gasteiger partial charge on any atom is 0.220 e. The lowest BCUT2D eigenvalue weighted by Crippen LogP contribution is -2.34. The summed E-state index contributed by atoms with van der Waals surface area (Å²) in [6, 6.07) is 0.0479. The van der Waals surface area contributed by atoms with E-state index in [1.165, 1.54) is 12.8 Å². The van der Waals surface area contributed by atoms with Crippen LogP contribution >= 0.6 is 0 Å². The van der Waals surface area contributed by atoms with Gasteiger partial charge >= 0.3 is 0 Å². The van der Waals surface area contributed by atoms with Crippen LogP contribution in [0, 0.1) is 5.92 Å². The molecule has 0 aromatic carbocycles. The van der Waals surface area contributed by atoms with E-state index in [2.05, 4.69) is 20.7 Å². The minimum atomic E-state index is 0.0479. The monoisotopic (exact) mass is 277 g/mol. The number of amides is 1. The van der Waals surface area contributed by atoms with E-state index in [9.17, 15) is 4.79 Å². The second-order valence-corrected chi connectivity index (χ2v) is 5.84. The van der Waals surface area contributed by atoms with Crippen molar-refractivity contribution >= 4 is 5.91 Å². The lowest BCUT2D eigenvalue weighted by molar-refractivity contribution is -0.122. The average molecular weight is 277 g/mol. The predicted octanol–water partition coefficient (Wildman–Crippen LogP) is 1.01. The van der Waals surface area contributed by atoms with Gasteiger partial charge < -0.3 is 10.6 Å². The van der Waals surface area contributed by atoms with E-state index >= 15 is 0 Å². The molecule has 2 N–H and O–H groups in total. The molecule has 3 rings (SSSR count). The molecule has 0 saturated carbocycles. The number of fused-ring (bicyclic) bond motifs is 1. The number of piperidine rings is 1. The Kier molecular flexibility index (Phi) is 4.30. The van der Waals surface area contributed by atoms with Crippen LogP contribution in [0.15, 0.2) is 6.33 Å². The molecule has 110 valence electrons. The summed E-state index contributed by atoms with van der Waals surface area (Å²) in [5.74, 6) is 1.77. The van der Waals surface area contributed by atoms with Gasteiger partial charge in [-0.3, -0.25) is 4.79 Å². The highest BCUT2D eigenvalue weighted by Crippen LogP contribution is 2.23. The van der Waals surface area contributed by atoms with Crippen molar-refractivity contribution in [1.82, 2.24) is 25.4 Å². The third kappa shape index (κ3) is 3.17. The molecule has 0 radical (unpaired) electrons. The highest BCUT2D eigenvalue weighted by molar-refractivity contribution is 5.76. The van der Waals surface area contributed by atoms with Gasteiger partial charge in [0.2, 0.25) is 5.91 Å². The molecule has 6 heteroatoms. The molecule has 1 unspecified atom stereocenters. The molecule has 0 aliphatic carbocycles. The topological polar surface area (TPSA) is 71.8 Å². The van der Waals surface area contributed by atoms with E-state index in [4.69, 9.17) is 0 Å². The number of carbonyl (C=O) groups excluding carboxylic acids is 1. The zero-order valence-electron chi connectivity index (χ0n) is 11.8. The summed E-state index contributed by atoms with van der Waals surface area (Å²) in [7, 11) is 0. The van der Waals surface area contributed by atoms with Gasteiger partial charge in [0.05, 0.1) is 6.04 Å². The molecule has 1 fully saturated rings. The van der Waals surface area contributed by atoms with Crippen LogP contribution < -0.4 is 10.6 Å². The van der Waals surface area contributed by atoms with Crippen LogP contribution in [0.1, 0.15) is 50.4 Å². The minimum Gasteiger partial charge on any atom is -0.346 e. The van der Waals surface area contributed by atoms with Gasteiger partial charge in [-0.2, -0.15) is 5.10 Å². The fraction of sp³-hybridized carbons (Fsp3) is 0.786. The summed E-state index contributed by atoms with van der Waals surface area (Å²) in [5.41, 5.74) is 0. The zero-order chi connectivity index (χ0) is 13.8. The Labute approximate surface area is 119 Å². The summed E-state index contributed by atoms with van der Waals surface area (Å²) >= 11 is 0. The molecule has 2 aliphatic rings. The second-order valence-electron chi connectivity index (χ2n) is 5.84. The summed E-state index contributed by atoms with van der Waals surface area (Å²) in [6.07, 6.45) is 7.64. The van der Waals surface area contributed by atoms with Crippen LogP contribution in [0.4, 0.5) is 0 Å². The molecule has 2 aliphatic heterocycles. The van der Waals surface area contributed by atoms with E-state index in [-0.39, 0.29) is 11.9 Å². The first-order valence-electron chi connectivity index (χ1n) is 7.70. The SMILES string of the molecule is O=C(CCC1CCNCC1)NC1CCCn2ncnc21. The van der Waals surface area contributed by atoms with Crippen molar-refractivity contribution in [2.75, 3.05) is 13.1 Å². The van der Waals surface area contributed by atoms with Crippen molar-refractivity contribution in [1.29, 1.82) is 0 Å². The molecule has 20 heavy (non-hydrogen) atoms. The summed E-state index contributed by atoms with van der Waals surface area (Å²) in [4.78, 5) is 16.4. The summed E-state index contributed by atoms with van der Waals surface area (Å²) in [5, 5.41) is 10.7. The van der Waals surface area contributed by atoms with Gasteiger partial charge in [0, 0.05) is 13.0 Å². The highest BCUT2D eigenvalue weighted by Gasteiger charge is 2.24. The summed E-state index contributed by atoms with van der Waals surface area (Å²) in [6.45, 7) is 3.10.